The van der Waals surface area contributed by atoms with Crippen molar-refractivity contribution in [3.05, 3.63) is 46.0 Å². The van der Waals surface area contributed by atoms with E-state index < -0.39 is 0 Å². The first-order valence-corrected chi connectivity index (χ1v) is 6.78. The maximum absolute atomic E-state index is 6.21. The highest BCUT2D eigenvalue weighted by Gasteiger charge is 2.16. The van der Waals surface area contributed by atoms with Crippen LogP contribution in [0.15, 0.2) is 29.0 Å². The van der Waals surface area contributed by atoms with E-state index >= 15 is 0 Å². The second-order valence-corrected chi connectivity index (χ2v) is 5.07. The van der Waals surface area contributed by atoms with E-state index in [1.165, 1.54) is 0 Å². The first-order valence-electron chi connectivity index (χ1n) is 5.99. The molecule has 0 amide bonds. The van der Waals surface area contributed by atoms with Gasteiger partial charge in [-0.15, -0.1) is 0 Å². The Kier molecular flexibility index (Phi) is 4.14. The summed E-state index contributed by atoms with van der Waals surface area (Å²) in [5.41, 5.74) is 9.46. The predicted octanol–water partition coefficient (Wildman–Crippen LogP) is 2.38. The van der Waals surface area contributed by atoms with E-state index in [4.69, 9.17) is 5.73 Å². The minimum absolute atomic E-state index is 0.0601. The lowest BCUT2D eigenvalue weighted by atomic mass is 10.0. The highest BCUT2D eigenvalue weighted by atomic mass is 79.9. The summed E-state index contributed by atoms with van der Waals surface area (Å²) in [6, 6.07) is 3.85. The normalized spacial score (nSPS) is 12.7. The molecule has 0 aliphatic rings. The van der Waals surface area contributed by atoms with Gasteiger partial charge in [-0.25, -0.2) is 0 Å². The third-order valence-corrected chi connectivity index (χ3v) is 3.94. The zero-order valence-electron chi connectivity index (χ0n) is 10.6. The molecule has 2 N–H and O–H groups in total. The Labute approximate surface area is 115 Å². The summed E-state index contributed by atoms with van der Waals surface area (Å²) in [4.78, 5) is 4.10. The van der Waals surface area contributed by atoms with Gasteiger partial charge in [0.15, 0.2) is 0 Å². The summed E-state index contributed by atoms with van der Waals surface area (Å²) in [7, 11) is 1.95. The number of nitrogens with zero attached hydrogens (tertiary/aromatic N) is 3. The maximum atomic E-state index is 6.21. The quantitative estimate of drug-likeness (QED) is 0.943. The van der Waals surface area contributed by atoms with Crippen LogP contribution in [0.25, 0.3) is 0 Å². The molecule has 0 saturated carbocycles. The van der Waals surface area contributed by atoms with Gasteiger partial charge in [0.05, 0.1) is 15.9 Å². The molecule has 1 atom stereocenters. The number of nitrogens with two attached hydrogens (primary N) is 1. The zero-order chi connectivity index (χ0) is 13.1. The first-order chi connectivity index (χ1) is 8.63. The van der Waals surface area contributed by atoms with Crippen molar-refractivity contribution in [3.63, 3.8) is 0 Å². The van der Waals surface area contributed by atoms with Crippen LogP contribution < -0.4 is 5.73 Å². The second kappa shape index (κ2) is 5.63. The molecule has 0 aliphatic carbocycles. The molecule has 0 aliphatic heterocycles. The SMILES string of the molecule is CCc1nn(C)c(CC(N)c2cccnc2)c1Br. The van der Waals surface area contributed by atoms with Gasteiger partial charge in [-0.1, -0.05) is 13.0 Å². The molecule has 0 aromatic carbocycles. The van der Waals surface area contributed by atoms with E-state index in [1.54, 1.807) is 6.20 Å². The molecule has 5 heteroatoms. The van der Waals surface area contributed by atoms with Gasteiger partial charge < -0.3 is 5.73 Å². The van der Waals surface area contributed by atoms with E-state index in [9.17, 15) is 0 Å². The number of aryl methyl sites for hydroxylation is 2. The van der Waals surface area contributed by atoms with Crippen LogP contribution in [0.4, 0.5) is 0 Å². The number of pyridine rings is 1. The van der Waals surface area contributed by atoms with Gasteiger partial charge in [0.25, 0.3) is 0 Å². The summed E-state index contributed by atoms with van der Waals surface area (Å²) in [6.07, 6.45) is 5.23. The molecule has 0 spiro atoms. The van der Waals surface area contributed by atoms with Crippen LogP contribution in [-0.4, -0.2) is 14.8 Å². The van der Waals surface area contributed by atoms with Gasteiger partial charge in [0.1, 0.15) is 0 Å². The van der Waals surface area contributed by atoms with E-state index in [0.29, 0.717) is 0 Å². The van der Waals surface area contributed by atoms with Crippen LogP contribution in [0.3, 0.4) is 0 Å². The van der Waals surface area contributed by atoms with Crippen molar-refractivity contribution in [3.8, 4) is 0 Å². The lowest BCUT2D eigenvalue weighted by Gasteiger charge is -2.12. The molecule has 96 valence electrons. The van der Waals surface area contributed by atoms with Gasteiger partial charge in [0, 0.05) is 31.9 Å². The largest absolute Gasteiger partial charge is 0.324 e. The smallest absolute Gasteiger partial charge is 0.0766 e. The second-order valence-electron chi connectivity index (χ2n) is 4.28. The molecule has 4 nitrogen and oxygen atoms in total. The minimum atomic E-state index is -0.0601. The lowest BCUT2D eigenvalue weighted by Crippen LogP contribution is -2.15. The molecule has 0 radical (unpaired) electrons. The average Bonchev–Trinajstić information content (AvgIpc) is 2.67. The summed E-state index contributed by atoms with van der Waals surface area (Å²) < 4.78 is 2.98. The van der Waals surface area contributed by atoms with E-state index in [-0.39, 0.29) is 6.04 Å². The Morgan fingerprint density at radius 3 is 2.83 bits per heavy atom. The van der Waals surface area contributed by atoms with Crippen LogP contribution in [0.1, 0.15) is 29.9 Å². The van der Waals surface area contributed by atoms with Gasteiger partial charge in [0.2, 0.25) is 0 Å². The zero-order valence-corrected chi connectivity index (χ0v) is 12.2. The van der Waals surface area contributed by atoms with Crippen LogP contribution in [0, 0.1) is 0 Å². The minimum Gasteiger partial charge on any atom is -0.324 e. The molecular formula is C13H17BrN4. The molecule has 2 heterocycles. The van der Waals surface area contributed by atoms with Crippen molar-refractivity contribution >= 4 is 15.9 Å². The summed E-state index contributed by atoms with van der Waals surface area (Å²) in [6.45, 7) is 2.10. The van der Waals surface area contributed by atoms with Gasteiger partial charge >= 0.3 is 0 Å². The van der Waals surface area contributed by atoms with Crippen molar-refractivity contribution in [1.82, 2.24) is 14.8 Å². The van der Waals surface area contributed by atoms with Gasteiger partial charge in [-0.05, 0) is 34.0 Å². The molecule has 2 aromatic heterocycles. The average molecular weight is 309 g/mol. The summed E-state index contributed by atoms with van der Waals surface area (Å²) in [5, 5.41) is 4.47. The Morgan fingerprint density at radius 2 is 2.28 bits per heavy atom. The maximum Gasteiger partial charge on any atom is 0.0766 e. The van der Waals surface area contributed by atoms with Crippen molar-refractivity contribution in [1.29, 1.82) is 0 Å². The first kappa shape index (κ1) is 13.2. The van der Waals surface area contributed by atoms with Crippen LogP contribution >= 0.6 is 15.9 Å². The Morgan fingerprint density at radius 1 is 1.50 bits per heavy atom. The van der Waals surface area contributed by atoms with Crippen LogP contribution in [-0.2, 0) is 19.9 Å². The van der Waals surface area contributed by atoms with Crippen LogP contribution in [0.2, 0.25) is 0 Å². The lowest BCUT2D eigenvalue weighted by molar-refractivity contribution is 0.635. The highest BCUT2D eigenvalue weighted by Crippen LogP contribution is 2.25. The van der Waals surface area contributed by atoms with E-state index in [0.717, 1.165) is 34.3 Å². The molecular weight excluding hydrogens is 292 g/mol. The molecule has 2 aromatic rings. The van der Waals surface area contributed by atoms with E-state index in [1.807, 2.05) is 30.1 Å². The molecule has 18 heavy (non-hydrogen) atoms. The molecule has 0 bridgehead atoms. The number of rotatable bonds is 4. The fraction of sp³-hybridized carbons (Fsp3) is 0.385. The fourth-order valence-electron chi connectivity index (χ4n) is 1.96. The fourth-order valence-corrected chi connectivity index (χ4v) is 2.74. The summed E-state index contributed by atoms with van der Waals surface area (Å²) >= 11 is 3.61. The predicted molar refractivity (Wildman–Crippen MR) is 75.2 cm³/mol. The van der Waals surface area contributed by atoms with Crippen LogP contribution in [0.5, 0.6) is 0 Å². The van der Waals surface area contributed by atoms with Crippen molar-refractivity contribution in [2.75, 3.05) is 0 Å². The molecule has 1 unspecified atom stereocenters. The third kappa shape index (κ3) is 2.62. The number of hydrogen-bond acceptors (Lipinski definition) is 3. The third-order valence-electron chi connectivity index (χ3n) is 3.03. The Hall–Kier alpha value is -1.20. The standard InChI is InChI=1S/C13H17BrN4/c1-3-11-13(14)12(18(2)17-11)7-10(15)9-5-4-6-16-8-9/h4-6,8,10H,3,7,15H2,1-2H3. The van der Waals surface area contributed by atoms with Crippen molar-refractivity contribution in [2.45, 2.75) is 25.8 Å². The van der Waals surface area contributed by atoms with Crippen molar-refractivity contribution < 1.29 is 0 Å². The Balaban J connectivity index is 2.22. The monoisotopic (exact) mass is 308 g/mol. The number of halogens is 1. The highest BCUT2D eigenvalue weighted by molar-refractivity contribution is 9.10. The van der Waals surface area contributed by atoms with E-state index in [2.05, 4.69) is 32.9 Å². The molecule has 0 saturated heterocycles. The molecule has 2 rings (SSSR count). The van der Waals surface area contributed by atoms with Gasteiger partial charge in [-0.3, -0.25) is 9.67 Å². The van der Waals surface area contributed by atoms with Gasteiger partial charge in [-0.2, -0.15) is 5.10 Å². The van der Waals surface area contributed by atoms with Crippen molar-refractivity contribution in [2.24, 2.45) is 12.8 Å². The molecule has 0 fully saturated rings. The number of aromatic nitrogens is 3. The summed E-state index contributed by atoms with van der Waals surface area (Å²) in [5.74, 6) is 0. The Bertz CT molecular complexity index is 521. The topological polar surface area (TPSA) is 56.7 Å². The number of hydrogen-bond donors (Lipinski definition) is 1.